The molecule has 2 rings (SSSR count). The minimum absolute atomic E-state index is 0.00820. The molecule has 0 aliphatic carbocycles. The van der Waals surface area contributed by atoms with Crippen LogP contribution in [0.1, 0.15) is 31.0 Å². The molecule has 3 N–H and O–H groups in total. The Labute approximate surface area is 134 Å². The number of aromatic hydroxyl groups is 1. The van der Waals surface area contributed by atoms with Gasteiger partial charge in [0, 0.05) is 12.2 Å². The van der Waals surface area contributed by atoms with Crippen molar-refractivity contribution < 1.29 is 24.5 Å². The van der Waals surface area contributed by atoms with Crippen LogP contribution in [0.5, 0.6) is 11.5 Å². The van der Waals surface area contributed by atoms with E-state index in [1.807, 2.05) is 0 Å². The highest BCUT2D eigenvalue weighted by Gasteiger charge is 2.35. The summed E-state index contributed by atoms with van der Waals surface area (Å²) in [7, 11) is 1.41. The molecular formula is C16H20N2O5. The van der Waals surface area contributed by atoms with Crippen molar-refractivity contribution in [3.63, 3.8) is 0 Å². The smallest absolute Gasteiger partial charge is 0.335 e. The van der Waals surface area contributed by atoms with E-state index in [4.69, 9.17) is 4.74 Å². The molecule has 0 saturated carbocycles. The van der Waals surface area contributed by atoms with Crippen LogP contribution in [0.15, 0.2) is 23.4 Å². The van der Waals surface area contributed by atoms with E-state index in [0.717, 1.165) is 0 Å². The van der Waals surface area contributed by atoms with Crippen LogP contribution in [0.3, 0.4) is 0 Å². The molecule has 124 valence electrons. The number of rotatable bonds is 4. The van der Waals surface area contributed by atoms with Crippen molar-refractivity contribution in [3.05, 3.63) is 34.5 Å². The predicted molar refractivity (Wildman–Crippen MR) is 83.4 cm³/mol. The molecule has 2 amide bonds. The highest BCUT2D eigenvalue weighted by molar-refractivity contribution is 5.93. The second-order valence-electron chi connectivity index (χ2n) is 5.32. The molecule has 1 unspecified atom stereocenters. The first kappa shape index (κ1) is 16.7. The van der Waals surface area contributed by atoms with Gasteiger partial charge in [0.25, 0.3) is 0 Å². The van der Waals surface area contributed by atoms with Gasteiger partial charge in [0.15, 0.2) is 11.5 Å². The van der Waals surface area contributed by atoms with Gasteiger partial charge >= 0.3 is 12.0 Å². The first-order chi connectivity index (χ1) is 10.8. The summed E-state index contributed by atoms with van der Waals surface area (Å²) in [5.41, 5.74) is 1.57. The Kier molecular flexibility index (Phi) is 4.49. The summed E-state index contributed by atoms with van der Waals surface area (Å²) in [6.45, 7) is 5.44. The molecule has 1 aromatic carbocycles. The van der Waals surface area contributed by atoms with Crippen molar-refractivity contribution in [2.75, 3.05) is 13.7 Å². The fourth-order valence-electron chi connectivity index (χ4n) is 2.79. The number of hydrogen-bond acceptors (Lipinski definition) is 4. The van der Waals surface area contributed by atoms with Gasteiger partial charge in [-0.25, -0.2) is 9.59 Å². The Morgan fingerprint density at radius 2 is 2.04 bits per heavy atom. The lowest BCUT2D eigenvalue weighted by Crippen LogP contribution is -2.47. The average molecular weight is 320 g/mol. The molecule has 1 atom stereocenters. The summed E-state index contributed by atoms with van der Waals surface area (Å²) in [5, 5.41) is 22.2. The molecule has 7 heteroatoms. The third-order valence-electron chi connectivity index (χ3n) is 3.98. The molecule has 0 aromatic heterocycles. The average Bonchev–Trinajstić information content (AvgIpc) is 2.49. The summed E-state index contributed by atoms with van der Waals surface area (Å²) in [6.07, 6.45) is 0. The number of nitrogens with one attached hydrogen (secondary N) is 1. The second-order valence-corrected chi connectivity index (χ2v) is 5.32. The van der Waals surface area contributed by atoms with Gasteiger partial charge in [-0.3, -0.25) is 4.90 Å². The van der Waals surface area contributed by atoms with E-state index in [1.165, 1.54) is 18.1 Å². The second kappa shape index (κ2) is 6.20. The molecule has 0 spiro atoms. The highest BCUT2D eigenvalue weighted by Crippen LogP contribution is 2.37. The van der Waals surface area contributed by atoms with Crippen molar-refractivity contribution >= 4 is 12.0 Å². The fraction of sp³-hybridized carbons (Fsp3) is 0.375. The van der Waals surface area contributed by atoms with Crippen LogP contribution in [-0.2, 0) is 4.79 Å². The Morgan fingerprint density at radius 1 is 1.39 bits per heavy atom. The molecule has 1 aliphatic heterocycles. The molecule has 1 aromatic rings. The predicted octanol–water partition coefficient (Wildman–Crippen LogP) is 2.15. The lowest BCUT2D eigenvalue weighted by molar-refractivity contribution is -0.133. The number of aryl methyl sites for hydroxylation is 1. The summed E-state index contributed by atoms with van der Waals surface area (Å²) in [6, 6.07) is 2.01. The van der Waals surface area contributed by atoms with Crippen LogP contribution in [0.4, 0.5) is 4.79 Å². The minimum atomic E-state index is -1.10. The number of carbonyl (C=O) groups is 2. The van der Waals surface area contributed by atoms with Crippen molar-refractivity contribution in [1.82, 2.24) is 10.2 Å². The zero-order valence-corrected chi connectivity index (χ0v) is 13.5. The monoisotopic (exact) mass is 320 g/mol. The number of nitrogens with zero attached hydrogens (tertiary/aromatic N) is 1. The van der Waals surface area contributed by atoms with Crippen LogP contribution < -0.4 is 10.1 Å². The molecule has 0 saturated heterocycles. The van der Waals surface area contributed by atoms with E-state index in [-0.39, 0.29) is 23.1 Å². The Hall–Kier alpha value is -2.70. The molecule has 7 nitrogen and oxygen atoms in total. The molecule has 0 fully saturated rings. The van der Waals surface area contributed by atoms with Gasteiger partial charge < -0.3 is 20.3 Å². The van der Waals surface area contributed by atoms with Crippen LogP contribution in [0.25, 0.3) is 0 Å². The molecule has 23 heavy (non-hydrogen) atoms. The summed E-state index contributed by atoms with van der Waals surface area (Å²) in [5.74, 6) is -0.878. The minimum Gasteiger partial charge on any atom is -0.504 e. The lowest BCUT2D eigenvalue weighted by Gasteiger charge is -2.34. The molecule has 0 radical (unpaired) electrons. The zero-order chi connectivity index (χ0) is 17.3. The first-order valence-electron chi connectivity index (χ1n) is 7.21. The van der Waals surface area contributed by atoms with E-state index >= 15 is 0 Å². The number of carboxylic acid groups (broad SMARTS) is 1. The van der Waals surface area contributed by atoms with Crippen LogP contribution in [-0.4, -0.2) is 40.8 Å². The number of carbonyl (C=O) groups excluding carboxylic acids is 1. The maximum atomic E-state index is 12.2. The number of aliphatic carboxylic acids is 1. The van der Waals surface area contributed by atoms with E-state index in [0.29, 0.717) is 23.4 Å². The number of hydrogen-bond donors (Lipinski definition) is 3. The van der Waals surface area contributed by atoms with Gasteiger partial charge in [-0.2, -0.15) is 0 Å². The quantitative estimate of drug-likeness (QED) is 0.789. The van der Waals surface area contributed by atoms with E-state index < -0.39 is 12.0 Å². The fourth-order valence-corrected chi connectivity index (χ4v) is 2.79. The largest absolute Gasteiger partial charge is 0.504 e. The van der Waals surface area contributed by atoms with E-state index in [2.05, 4.69) is 5.32 Å². The number of amides is 2. The van der Waals surface area contributed by atoms with Crippen LogP contribution in [0, 0.1) is 6.92 Å². The number of benzene rings is 1. The van der Waals surface area contributed by atoms with Gasteiger partial charge in [0.2, 0.25) is 0 Å². The van der Waals surface area contributed by atoms with Gasteiger partial charge in [-0.1, -0.05) is 0 Å². The number of phenols is 1. The molecule has 1 heterocycles. The summed E-state index contributed by atoms with van der Waals surface area (Å²) >= 11 is 0. The van der Waals surface area contributed by atoms with E-state index in [1.54, 1.807) is 26.8 Å². The standard InChI is InChI=1S/C16H20N2O5/c1-5-18-9(3)12(15(20)21)13(17-16(18)22)10-6-8(2)14(19)11(7-10)23-4/h6-7,13,19H,5H2,1-4H3,(H,17,22)(H,20,21). The summed E-state index contributed by atoms with van der Waals surface area (Å²) in [4.78, 5) is 25.3. The zero-order valence-electron chi connectivity index (χ0n) is 13.5. The maximum Gasteiger partial charge on any atom is 0.335 e. The van der Waals surface area contributed by atoms with Crippen molar-refractivity contribution in [3.8, 4) is 11.5 Å². The molecular weight excluding hydrogens is 300 g/mol. The lowest BCUT2D eigenvalue weighted by atomic mass is 9.93. The number of methoxy groups -OCH3 is 1. The number of phenolic OH excluding ortho intramolecular Hbond substituents is 1. The highest BCUT2D eigenvalue weighted by atomic mass is 16.5. The molecule has 1 aliphatic rings. The van der Waals surface area contributed by atoms with Crippen molar-refractivity contribution in [1.29, 1.82) is 0 Å². The normalized spacial score (nSPS) is 18.0. The maximum absolute atomic E-state index is 12.2. The topological polar surface area (TPSA) is 99.1 Å². The molecule has 0 bridgehead atoms. The Morgan fingerprint density at radius 3 is 2.57 bits per heavy atom. The third-order valence-corrected chi connectivity index (χ3v) is 3.98. The van der Waals surface area contributed by atoms with Gasteiger partial charge in [0.1, 0.15) is 0 Å². The Bertz CT molecular complexity index is 696. The SMILES string of the molecule is CCN1C(=O)NC(c2cc(C)c(O)c(OC)c2)C(C(=O)O)=C1C. The van der Waals surface area contributed by atoms with E-state index in [9.17, 15) is 19.8 Å². The third kappa shape index (κ3) is 2.81. The van der Waals surface area contributed by atoms with Gasteiger partial charge in [-0.15, -0.1) is 0 Å². The van der Waals surface area contributed by atoms with Gasteiger partial charge in [-0.05, 0) is 44.0 Å². The first-order valence-corrected chi connectivity index (χ1v) is 7.21. The number of carboxylic acids is 1. The number of allylic oxidation sites excluding steroid dienone is 1. The van der Waals surface area contributed by atoms with Crippen molar-refractivity contribution in [2.45, 2.75) is 26.8 Å². The van der Waals surface area contributed by atoms with Crippen LogP contribution >= 0.6 is 0 Å². The van der Waals surface area contributed by atoms with Gasteiger partial charge in [0.05, 0.1) is 18.7 Å². The summed E-state index contributed by atoms with van der Waals surface area (Å²) < 4.78 is 5.11. The van der Waals surface area contributed by atoms with Crippen LogP contribution in [0.2, 0.25) is 0 Å². The number of urea groups is 1. The van der Waals surface area contributed by atoms with Crippen molar-refractivity contribution in [2.24, 2.45) is 0 Å². The number of ether oxygens (including phenoxy) is 1. The Balaban J connectivity index is 2.62.